The summed E-state index contributed by atoms with van der Waals surface area (Å²) in [6, 6.07) is 18.4. The number of likely N-dealkylation sites (tertiary alicyclic amines) is 1. The van der Waals surface area contributed by atoms with Gasteiger partial charge in [0.25, 0.3) is 0 Å². The Hall–Kier alpha value is -4.83. The molecule has 1 amide bonds. The van der Waals surface area contributed by atoms with Crippen LogP contribution < -0.4 is 4.74 Å². The monoisotopic (exact) mass is 535 g/mol. The molecule has 200 valence electrons. The molecule has 5 heterocycles. The van der Waals surface area contributed by atoms with Gasteiger partial charge in [0.15, 0.2) is 11.5 Å². The first-order valence-corrected chi connectivity index (χ1v) is 13.1. The average molecular weight is 536 g/mol. The summed E-state index contributed by atoms with van der Waals surface area (Å²) < 4.78 is 24.7. The fourth-order valence-electron chi connectivity index (χ4n) is 5.48. The van der Waals surface area contributed by atoms with Crippen molar-refractivity contribution in [2.75, 3.05) is 26.7 Å². The van der Waals surface area contributed by atoms with E-state index < -0.39 is 0 Å². The van der Waals surface area contributed by atoms with Crippen LogP contribution in [0.5, 0.6) is 5.75 Å². The first-order chi connectivity index (χ1) is 19.5. The predicted octanol–water partition coefficient (Wildman–Crippen LogP) is 4.17. The Bertz CT molecular complexity index is 1760. The molecule has 5 aromatic rings. The van der Waals surface area contributed by atoms with E-state index in [0.717, 1.165) is 30.1 Å². The molecule has 0 unspecified atom stereocenters. The van der Waals surface area contributed by atoms with Gasteiger partial charge in [0.1, 0.15) is 29.5 Å². The molecule has 0 saturated carbocycles. The summed E-state index contributed by atoms with van der Waals surface area (Å²) in [4.78, 5) is 25.7. The van der Waals surface area contributed by atoms with E-state index in [1.54, 1.807) is 34.0 Å². The van der Waals surface area contributed by atoms with E-state index in [2.05, 4.69) is 22.6 Å². The van der Waals surface area contributed by atoms with Crippen molar-refractivity contribution in [3.63, 3.8) is 0 Å². The molecule has 1 fully saturated rings. The summed E-state index contributed by atoms with van der Waals surface area (Å²) >= 11 is 0. The Morgan fingerprint density at radius 1 is 1.12 bits per heavy atom. The van der Waals surface area contributed by atoms with Crippen molar-refractivity contribution in [2.45, 2.75) is 12.1 Å². The maximum absolute atomic E-state index is 15.0. The number of ether oxygens (including phenoxy) is 1. The van der Waals surface area contributed by atoms with E-state index in [1.807, 2.05) is 48.1 Å². The number of hydrogen-bond donors (Lipinski definition) is 0. The molecule has 2 aromatic carbocycles. The Labute approximate surface area is 229 Å². The van der Waals surface area contributed by atoms with Crippen molar-refractivity contribution in [2.24, 2.45) is 0 Å². The van der Waals surface area contributed by atoms with Crippen molar-refractivity contribution in [1.29, 1.82) is 0 Å². The Kier molecular flexibility index (Phi) is 5.71. The van der Waals surface area contributed by atoms with Crippen molar-refractivity contribution >= 4 is 17.1 Å². The standard InChI is InChI=1S/C30H26FN7O2/c1-3-28(39)35(2)20-16-36(17-20)25-18-40-26-15-19(9-10-22(25)26)38-29(21-7-4-5-8-23(21)31)33-24-11-12-27(34-30(24)38)37-14-6-13-32-37/h3-15,20,25H,1,16-18H2,2H3/t25-/m0/s1. The molecule has 0 aliphatic carbocycles. The van der Waals surface area contributed by atoms with Crippen LogP contribution in [0.2, 0.25) is 0 Å². The van der Waals surface area contributed by atoms with E-state index in [1.165, 1.54) is 12.1 Å². The smallest absolute Gasteiger partial charge is 0.246 e. The van der Waals surface area contributed by atoms with Gasteiger partial charge in [-0.05, 0) is 42.5 Å². The Morgan fingerprint density at radius 3 is 2.75 bits per heavy atom. The normalized spacial score (nSPS) is 16.9. The SMILES string of the molecule is C=CC(=O)N(C)C1CN([C@H]2COc3cc(-n4c(-c5ccccc5F)nc5ccc(-n6cccn6)nc54)ccc32)C1. The number of carbonyl (C=O) groups excluding carboxylic acids is 1. The molecule has 2 aliphatic heterocycles. The summed E-state index contributed by atoms with van der Waals surface area (Å²) in [5.41, 5.74) is 3.45. The van der Waals surface area contributed by atoms with Gasteiger partial charge in [-0.25, -0.2) is 19.0 Å². The number of halogens is 1. The highest BCUT2D eigenvalue weighted by Crippen LogP contribution is 2.41. The van der Waals surface area contributed by atoms with Crippen molar-refractivity contribution in [3.05, 3.63) is 97.1 Å². The van der Waals surface area contributed by atoms with Gasteiger partial charge in [-0.3, -0.25) is 14.3 Å². The number of aromatic nitrogens is 5. The number of carbonyl (C=O) groups is 1. The lowest BCUT2D eigenvalue weighted by Gasteiger charge is -2.46. The van der Waals surface area contributed by atoms with E-state index in [9.17, 15) is 4.79 Å². The zero-order valence-electron chi connectivity index (χ0n) is 21.8. The fraction of sp³-hybridized carbons (Fsp3) is 0.200. The molecule has 0 bridgehead atoms. The van der Waals surface area contributed by atoms with Crippen LogP contribution in [0.1, 0.15) is 11.6 Å². The number of benzene rings is 2. The van der Waals surface area contributed by atoms with Gasteiger partial charge in [-0.2, -0.15) is 5.10 Å². The number of amides is 1. The van der Waals surface area contributed by atoms with Crippen LogP contribution in [-0.4, -0.2) is 72.8 Å². The molecule has 2 aliphatic rings. The summed E-state index contributed by atoms with van der Waals surface area (Å²) in [7, 11) is 1.81. The molecule has 0 radical (unpaired) electrons. The first-order valence-electron chi connectivity index (χ1n) is 13.1. The summed E-state index contributed by atoms with van der Waals surface area (Å²) in [6.07, 6.45) is 4.86. The van der Waals surface area contributed by atoms with E-state index in [4.69, 9.17) is 14.7 Å². The Morgan fingerprint density at radius 2 is 1.98 bits per heavy atom. The van der Waals surface area contributed by atoms with Crippen molar-refractivity contribution in [3.8, 4) is 28.6 Å². The van der Waals surface area contributed by atoms with Gasteiger partial charge in [0.05, 0.1) is 23.3 Å². The number of imidazole rings is 1. The molecule has 7 rings (SSSR count). The zero-order valence-corrected chi connectivity index (χ0v) is 21.8. The number of rotatable bonds is 6. The summed E-state index contributed by atoms with van der Waals surface area (Å²) in [5, 5.41) is 4.30. The van der Waals surface area contributed by atoms with Gasteiger partial charge < -0.3 is 9.64 Å². The summed E-state index contributed by atoms with van der Waals surface area (Å²) in [6.45, 7) is 5.65. The van der Waals surface area contributed by atoms with Crippen molar-refractivity contribution < 1.29 is 13.9 Å². The molecule has 1 atom stereocenters. The zero-order chi connectivity index (χ0) is 27.4. The molecule has 0 spiro atoms. The van der Waals surface area contributed by atoms with Crippen LogP contribution >= 0.6 is 0 Å². The van der Waals surface area contributed by atoms with E-state index >= 15 is 4.39 Å². The van der Waals surface area contributed by atoms with Crippen LogP contribution in [0.3, 0.4) is 0 Å². The molecular weight excluding hydrogens is 509 g/mol. The topological polar surface area (TPSA) is 81.3 Å². The lowest BCUT2D eigenvalue weighted by atomic mass is 9.99. The lowest BCUT2D eigenvalue weighted by Crippen LogP contribution is -2.60. The summed E-state index contributed by atoms with van der Waals surface area (Å²) in [5.74, 6) is 1.42. The van der Waals surface area contributed by atoms with Crippen LogP contribution in [0, 0.1) is 5.82 Å². The highest BCUT2D eigenvalue weighted by molar-refractivity contribution is 5.87. The van der Waals surface area contributed by atoms with Gasteiger partial charge in [-0.1, -0.05) is 24.8 Å². The molecule has 1 saturated heterocycles. The van der Waals surface area contributed by atoms with E-state index in [0.29, 0.717) is 35.0 Å². The van der Waals surface area contributed by atoms with Crippen LogP contribution in [0.4, 0.5) is 4.39 Å². The maximum Gasteiger partial charge on any atom is 0.246 e. The molecule has 10 heteroatoms. The van der Waals surface area contributed by atoms with Gasteiger partial charge in [0.2, 0.25) is 5.91 Å². The molecule has 40 heavy (non-hydrogen) atoms. The highest BCUT2D eigenvalue weighted by Gasteiger charge is 2.40. The minimum atomic E-state index is -0.365. The second-order valence-electron chi connectivity index (χ2n) is 10.0. The van der Waals surface area contributed by atoms with Crippen LogP contribution in [-0.2, 0) is 4.79 Å². The Balaban J connectivity index is 1.28. The highest BCUT2D eigenvalue weighted by atomic mass is 19.1. The third-order valence-electron chi connectivity index (χ3n) is 7.76. The van der Waals surface area contributed by atoms with Gasteiger partial charge in [-0.15, -0.1) is 0 Å². The van der Waals surface area contributed by atoms with Gasteiger partial charge in [0, 0.05) is 44.2 Å². The molecular formula is C30H26FN7O2. The van der Waals surface area contributed by atoms with E-state index in [-0.39, 0.29) is 23.8 Å². The predicted molar refractivity (Wildman–Crippen MR) is 148 cm³/mol. The maximum atomic E-state index is 15.0. The number of hydrogen-bond acceptors (Lipinski definition) is 6. The third-order valence-corrected chi connectivity index (χ3v) is 7.76. The lowest BCUT2D eigenvalue weighted by molar-refractivity contribution is -0.130. The molecule has 9 nitrogen and oxygen atoms in total. The van der Waals surface area contributed by atoms with Gasteiger partial charge >= 0.3 is 0 Å². The van der Waals surface area contributed by atoms with Crippen molar-refractivity contribution in [1.82, 2.24) is 34.1 Å². The third kappa shape index (κ3) is 3.87. The van der Waals surface area contributed by atoms with Crippen LogP contribution in [0.25, 0.3) is 34.1 Å². The minimum absolute atomic E-state index is 0.0695. The quantitative estimate of drug-likeness (QED) is 0.304. The number of nitrogens with zero attached hydrogens (tertiary/aromatic N) is 7. The second kappa shape index (κ2) is 9.42. The number of likely N-dealkylation sites (N-methyl/N-ethyl adjacent to an activating group) is 1. The number of fused-ring (bicyclic) bond motifs is 2. The molecule has 3 aromatic heterocycles. The first kappa shape index (κ1) is 24.2. The fourth-order valence-corrected chi connectivity index (χ4v) is 5.48. The van der Waals surface area contributed by atoms with Crippen LogP contribution in [0.15, 0.2) is 85.7 Å². The molecule has 0 N–H and O–H groups in total. The largest absolute Gasteiger partial charge is 0.491 e. The second-order valence-corrected chi connectivity index (χ2v) is 10.0. The number of pyridine rings is 1. The minimum Gasteiger partial charge on any atom is -0.491 e. The average Bonchev–Trinajstić information content (AvgIpc) is 3.70.